The van der Waals surface area contributed by atoms with E-state index in [4.69, 9.17) is 0 Å². The van der Waals surface area contributed by atoms with Crippen LogP contribution in [0.4, 0.5) is 13.2 Å². The van der Waals surface area contributed by atoms with Crippen LogP contribution in [-0.2, 0) is 4.79 Å². The number of carbonyl (C=O) groups is 1. The summed E-state index contributed by atoms with van der Waals surface area (Å²) in [6.07, 6.45) is -4.45. The van der Waals surface area contributed by atoms with Gasteiger partial charge in [-0.25, -0.2) is 0 Å². The average molecular weight is 158 g/mol. The molecule has 0 aromatic carbocycles. The first-order valence-corrected chi connectivity index (χ1v) is 2.60. The SMILES string of the molecule is CC(C(=O)S)C(F)(F)F. The highest BCUT2D eigenvalue weighted by molar-refractivity contribution is 7.96. The number of thiol groups is 1. The fourth-order valence-corrected chi connectivity index (χ4v) is 0.286. The third kappa shape index (κ3) is 2.74. The molecule has 54 valence electrons. The number of hydrogen-bond donors (Lipinski definition) is 1. The maximum atomic E-state index is 11.4. The summed E-state index contributed by atoms with van der Waals surface area (Å²) in [5.41, 5.74) is 0. The topological polar surface area (TPSA) is 17.1 Å². The maximum Gasteiger partial charge on any atom is 0.399 e. The summed E-state index contributed by atoms with van der Waals surface area (Å²) >= 11 is 3.03. The van der Waals surface area contributed by atoms with Crippen LogP contribution in [0.5, 0.6) is 0 Å². The molecule has 5 heteroatoms. The summed E-state index contributed by atoms with van der Waals surface area (Å²) in [6.45, 7) is 0.773. The molecule has 1 nitrogen and oxygen atoms in total. The quantitative estimate of drug-likeness (QED) is 0.574. The standard InChI is InChI=1S/C4H5F3OS/c1-2(3(8)9)4(5,6)7/h2H,1H3,(H,8,9). The molecule has 0 aliphatic heterocycles. The van der Waals surface area contributed by atoms with Gasteiger partial charge >= 0.3 is 6.18 Å². The first-order valence-electron chi connectivity index (χ1n) is 2.15. The molecule has 0 saturated heterocycles. The van der Waals surface area contributed by atoms with Crippen molar-refractivity contribution in [2.24, 2.45) is 5.92 Å². The lowest BCUT2D eigenvalue weighted by atomic mass is 10.2. The molecule has 0 aromatic heterocycles. The third-order valence-electron chi connectivity index (χ3n) is 0.861. The average Bonchev–Trinajstić information content (AvgIpc) is 1.62. The second-order valence-electron chi connectivity index (χ2n) is 1.60. The monoisotopic (exact) mass is 158 g/mol. The fourth-order valence-electron chi connectivity index (χ4n) is 0.140. The van der Waals surface area contributed by atoms with E-state index in [0.29, 0.717) is 0 Å². The lowest BCUT2D eigenvalue weighted by molar-refractivity contribution is -0.172. The minimum absolute atomic E-state index is 0.773. The molecule has 0 aliphatic carbocycles. The molecular weight excluding hydrogens is 153 g/mol. The molecule has 9 heavy (non-hydrogen) atoms. The number of rotatable bonds is 1. The van der Waals surface area contributed by atoms with Crippen LogP contribution in [0.2, 0.25) is 0 Å². The van der Waals surface area contributed by atoms with Gasteiger partial charge in [0.15, 0.2) is 5.12 Å². The summed E-state index contributed by atoms with van der Waals surface area (Å²) in [4.78, 5) is 9.93. The smallest absolute Gasteiger partial charge is 0.287 e. The highest BCUT2D eigenvalue weighted by Crippen LogP contribution is 2.26. The Morgan fingerprint density at radius 3 is 1.89 bits per heavy atom. The zero-order valence-electron chi connectivity index (χ0n) is 4.57. The normalized spacial score (nSPS) is 15.2. The van der Waals surface area contributed by atoms with Gasteiger partial charge in [0.2, 0.25) is 0 Å². The van der Waals surface area contributed by atoms with Gasteiger partial charge in [0, 0.05) is 0 Å². The number of carbonyl (C=O) groups excluding carboxylic acids is 1. The van der Waals surface area contributed by atoms with Crippen LogP contribution >= 0.6 is 12.6 Å². The second-order valence-corrected chi connectivity index (χ2v) is 2.04. The van der Waals surface area contributed by atoms with E-state index in [1.165, 1.54) is 0 Å². The Hall–Kier alpha value is -0.190. The highest BCUT2D eigenvalue weighted by Gasteiger charge is 2.39. The first kappa shape index (κ1) is 8.81. The summed E-state index contributed by atoms with van der Waals surface area (Å²) in [5, 5.41) is -1.15. The number of halogens is 3. The highest BCUT2D eigenvalue weighted by atomic mass is 32.1. The number of alkyl halides is 3. The molecule has 0 radical (unpaired) electrons. The van der Waals surface area contributed by atoms with Crippen LogP contribution in [0, 0.1) is 5.92 Å². The molecule has 0 aromatic rings. The van der Waals surface area contributed by atoms with Gasteiger partial charge in [0.05, 0.1) is 0 Å². The summed E-state index contributed by atoms with van der Waals surface area (Å²) in [7, 11) is 0. The van der Waals surface area contributed by atoms with Crippen LogP contribution in [0.25, 0.3) is 0 Å². The number of hydrogen-bond acceptors (Lipinski definition) is 1. The van der Waals surface area contributed by atoms with Gasteiger partial charge in [0.25, 0.3) is 0 Å². The lowest BCUT2D eigenvalue weighted by Crippen LogP contribution is -2.24. The van der Waals surface area contributed by atoms with Crippen molar-refractivity contribution >= 4 is 17.7 Å². The molecular formula is C4H5F3OS. The van der Waals surface area contributed by atoms with E-state index in [9.17, 15) is 18.0 Å². The van der Waals surface area contributed by atoms with Crippen molar-refractivity contribution < 1.29 is 18.0 Å². The molecule has 0 bridgehead atoms. The van der Waals surface area contributed by atoms with Gasteiger partial charge in [-0.2, -0.15) is 13.2 Å². The Labute approximate surface area is 55.6 Å². The van der Waals surface area contributed by atoms with Crippen LogP contribution in [0.1, 0.15) is 6.92 Å². The zero-order valence-corrected chi connectivity index (χ0v) is 5.46. The minimum Gasteiger partial charge on any atom is -0.287 e. The fraction of sp³-hybridized carbons (Fsp3) is 0.750. The minimum atomic E-state index is -4.45. The Bertz CT molecular complexity index is 119. The molecule has 0 N–H and O–H groups in total. The van der Waals surface area contributed by atoms with Gasteiger partial charge < -0.3 is 0 Å². The van der Waals surface area contributed by atoms with Crippen molar-refractivity contribution in [3.8, 4) is 0 Å². The molecule has 0 amide bonds. The van der Waals surface area contributed by atoms with Gasteiger partial charge in [-0.3, -0.25) is 4.79 Å². The largest absolute Gasteiger partial charge is 0.399 e. The molecule has 1 unspecified atom stereocenters. The van der Waals surface area contributed by atoms with Crippen LogP contribution < -0.4 is 0 Å². The van der Waals surface area contributed by atoms with E-state index in [0.717, 1.165) is 6.92 Å². The zero-order chi connectivity index (χ0) is 7.65. The van der Waals surface area contributed by atoms with E-state index in [1.54, 1.807) is 0 Å². The molecule has 0 rings (SSSR count). The van der Waals surface area contributed by atoms with Crippen molar-refractivity contribution in [3.63, 3.8) is 0 Å². The van der Waals surface area contributed by atoms with E-state index >= 15 is 0 Å². The van der Waals surface area contributed by atoms with Crippen molar-refractivity contribution in [2.45, 2.75) is 13.1 Å². The Kier molecular flexibility index (Phi) is 2.54. The third-order valence-corrected chi connectivity index (χ3v) is 1.25. The van der Waals surface area contributed by atoms with Crippen LogP contribution in [-0.4, -0.2) is 11.3 Å². The Balaban J connectivity index is 4.04. The van der Waals surface area contributed by atoms with Gasteiger partial charge in [-0.05, 0) is 6.92 Å². The molecule has 1 atom stereocenters. The molecule has 0 heterocycles. The maximum absolute atomic E-state index is 11.4. The Morgan fingerprint density at radius 2 is 1.89 bits per heavy atom. The molecule has 0 saturated carbocycles. The van der Waals surface area contributed by atoms with Crippen molar-refractivity contribution in [1.82, 2.24) is 0 Å². The van der Waals surface area contributed by atoms with Gasteiger partial charge in [-0.15, -0.1) is 12.6 Å². The van der Waals surface area contributed by atoms with E-state index < -0.39 is 17.2 Å². The Morgan fingerprint density at radius 1 is 1.56 bits per heavy atom. The molecule has 0 spiro atoms. The van der Waals surface area contributed by atoms with Crippen molar-refractivity contribution in [1.29, 1.82) is 0 Å². The molecule has 0 aliphatic rings. The predicted octanol–water partition coefficient (Wildman–Crippen LogP) is 1.64. The summed E-state index contributed by atoms with van der Waals surface area (Å²) in [5.74, 6) is -1.96. The predicted molar refractivity (Wildman–Crippen MR) is 29.2 cm³/mol. The van der Waals surface area contributed by atoms with E-state index in [2.05, 4.69) is 12.6 Å². The second kappa shape index (κ2) is 2.60. The van der Waals surface area contributed by atoms with Crippen LogP contribution in [0.3, 0.4) is 0 Å². The van der Waals surface area contributed by atoms with Crippen molar-refractivity contribution in [2.75, 3.05) is 0 Å². The van der Waals surface area contributed by atoms with Gasteiger partial charge in [-0.1, -0.05) is 0 Å². The summed E-state index contributed by atoms with van der Waals surface area (Å²) in [6, 6.07) is 0. The lowest BCUT2D eigenvalue weighted by Gasteiger charge is -2.09. The van der Waals surface area contributed by atoms with Crippen molar-refractivity contribution in [3.05, 3.63) is 0 Å². The summed E-state index contributed by atoms with van der Waals surface area (Å²) < 4.78 is 34.3. The van der Waals surface area contributed by atoms with E-state index in [-0.39, 0.29) is 0 Å². The van der Waals surface area contributed by atoms with Crippen LogP contribution in [0.15, 0.2) is 0 Å². The van der Waals surface area contributed by atoms with E-state index in [1.807, 2.05) is 0 Å². The first-order chi connectivity index (χ1) is 3.85. The van der Waals surface area contributed by atoms with Gasteiger partial charge in [0.1, 0.15) is 5.92 Å². The molecule has 0 fully saturated rings.